The third-order valence-electron chi connectivity index (χ3n) is 8.49. The molecule has 0 radical (unpaired) electrons. The van der Waals surface area contributed by atoms with Crippen LogP contribution in [0.3, 0.4) is 0 Å². The number of hydrogen-bond acceptors (Lipinski definition) is 9. The molecule has 12 heteroatoms. The van der Waals surface area contributed by atoms with E-state index in [4.69, 9.17) is 4.74 Å². The zero-order chi connectivity index (χ0) is 40.2. The quantitative estimate of drug-likeness (QED) is 0.114. The highest BCUT2D eigenvalue weighted by atomic mass is 16.5. The van der Waals surface area contributed by atoms with E-state index in [-0.39, 0.29) is 30.5 Å². The Hall–Kier alpha value is -7.08. The highest BCUT2D eigenvalue weighted by Gasteiger charge is 2.16. The molecule has 0 aliphatic carbocycles. The number of aryl methyl sites for hydroxylation is 4. The van der Waals surface area contributed by atoms with Crippen molar-refractivity contribution in [3.8, 4) is 22.3 Å². The predicted octanol–water partition coefficient (Wildman–Crippen LogP) is 7.26. The van der Waals surface area contributed by atoms with Crippen LogP contribution in [0.1, 0.15) is 82.3 Å². The number of nitrogens with zero attached hydrogens (tertiary/aromatic N) is 4. The first-order valence-electron chi connectivity index (χ1n) is 17.8. The Labute approximate surface area is 325 Å². The maximum absolute atomic E-state index is 12.8. The molecular weight excluding hydrogens is 709 g/mol. The molecule has 0 saturated heterocycles. The molecule has 6 rings (SSSR count). The van der Waals surface area contributed by atoms with Gasteiger partial charge in [0.25, 0.3) is 11.8 Å². The second-order valence-electron chi connectivity index (χ2n) is 13.0. The second kappa shape index (κ2) is 18.8. The molecule has 56 heavy (non-hydrogen) atoms. The van der Waals surface area contributed by atoms with Gasteiger partial charge in [-0.1, -0.05) is 59.7 Å². The van der Waals surface area contributed by atoms with E-state index in [9.17, 15) is 24.3 Å². The molecule has 2 amide bonds. The summed E-state index contributed by atoms with van der Waals surface area (Å²) in [5.41, 5.74) is 8.11. The number of esters is 1. The Balaban J connectivity index is 0.000000215. The number of amides is 2. The van der Waals surface area contributed by atoms with Crippen LogP contribution in [-0.4, -0.2) is 55.4 Å². The first-order chi connectivity index (χ1) is 26.9. The van der Waals surface area contributed by atoms with Gasteiger partial charge >= 0.3 is 11.9 Å². The predicted molar refractivity (Wildman–Crippen MR) is 212 cm³/mol. The van der Waals surface area contributed by atoms with E-state index in [1.807, 2.05) is 62.4 Å². The number of aromatic nitrogens is 4. The van der Waals surface area contributed by atoms with E-state index in [1.54, 1.807) is 75.9 Å². The standard InChI is InChI=1S/C23H23N3O3.C21H19N3O3/c1-4-29-23(28)21-10-19(18-7-5-15(2)6-8-18)9-20(11-21)22(27)26-14-17-12-24-16(3)25-13-17;1-13-3-5-16(6-4-13)17-7-18(9-19(8-17)21(26)27)20(25)24-12-15-10-22-14(2)23-11-15/h5-13H,4,14H2,1-3H3,(H,26,27);3-11H,12H2,1-2H3,(H,24,25)(H,26,27). The van der Waals surface area contributed by atoms with Crippen molar-refractivity contribution < 1.29 is 29.0 Å². The fraction of sp³-hybridized carbons (Fsp3) is 0.182. The van der Waals surface area contributed by atoms with Gasteiger partial charge in [-0.2, -0.15) is 0 Å². The van der Waals surface area contributed by atoms with Gasteiger partial charge in [-0.15, -0.1) is 0 Å². The summed E-state index contributed by atoms with van der Waals surface area (Å²) in [6.07, 6.45) is 6.65. The van der Waals surface area contributed by atoms with Crippen LogP contribution in [0.25, 0.3) is 22.3 Å². The average Bonchev–Trinajstić information content (AvgIpc) is 3.20. The molecular formula is C44H42N6O6. The lowest BCUT2D eigenvalue weighted by Gasteiger charge is -2.11. The molecule has 284 valence electrons. The maximum Gasteiger partial charge on any atom is 0.338 e. The molecule has 12 nitrogen and oxygen atoms in total. The van der Waals surface area contributed by atoms with Crippen molar-refractivity contribution in [1.82, 2.24) is 30.6 Å². The number of aromatic carboxylic acids is 1. The summed E-state index contributed by atoms with van der Waals surface area (Å²) in [4.78, 5) is 65.5. The summed E-state index contributed by atoms with van der Waals surface area (Å²) < 4.78 is 5.13. The second-order valence-corrected chi connectivity index (χ2v) is 13.0. The van der Waals surface area contributed by atoms with Gasteiger partial charge in [0.1, 0.15) is 11.6 Å². The van der Waals surface area contributed by atoms with Crippen molar-refractivity contribution in [3.63, 3.8) is 0 Å². The van der Waals surface area contributed by atoms with Crippen LogP contribution in [0, 0.1) is 27.7 Å². The number of ether oxygens (including phenoxy) is 1. The summed E-state index contributed by atoms with van der Waals surface area (Å²) in [7, 11) is 0. The van der Waals surface area contributed by atoms with Gasteiger partial charge in [0.15, 0.2) is 0 Å². The van der Waals surface area contributed by atoms with Gasteiger partial charge in [0, 0.05) is 60.1 Å². The van der Waals surface area contributed by atoms with Crippen LogP contribution in [0.2, 0.25) is 0 Å². The number of carbonyl (C=O) groups excluding carboxylic acids is 3. The van der Waals surface area contributed by atoms with Crippen molar-refractivity contribution in [1.29, 1.82) is 0 Å². The molecule has 6 aromatic rings. The minimum atomic E-state index is -1.08. The summed E-state index contributed by atoms with van der Waals surface area (Å²) in [5.74, 6) is -0.851. The molecule has 2 heterocycles. The van der Waals surface area contributed by atoms with Crippen LogP contribution in [0.5, 0.6) is 0 Å². The highest BCUT2D eigenvalue weighted by molar-refractivity contribution is 6.00. The normalized spacial score (nSPS) is 10.4. The molecule has 2 aromatic heterocycles. The number of rotatable bonds is 11. The number of carboxylic acids is 1. The molecule has 0 bridgehead atoms. The summed E-state index contributed by atoms with van der Waals surface area (Å²) in [5, 5.41) is 15.0. The molecule has 4 aromatic carbocycles. The minimum Gasteiger partial charge on any atom is -0.478 e. The van der Waals surface area contributed by atoms with Gasteiger partial charge in [-0.3, -0.25) is 9.59 Å². The van der Waals surface area contributed by atoms with E-state index in [2.05, 4.69) is 30.6 Å². The first-order valence-corrected chi connectivity index (χ1v) is 17.8. The Bertz CT molecular complexity index is 2330. The van der Waals surface area contributed by atoms with Gasteiger partial charge in [0.05, 0.1) is 17.7 Å². The van der Waals surface area contributed by atoms with Gasteiger partial charge in [0.2, 0.25) is 0 Å². The van der Waals surface area contributed by atoms with Crippen molar-refractivity contribution in [2.24, 2.45) is 0 Å². The zero-order valence-corrected chi connectivity index (χ0v) is 31.8. The zero-order valence-electron chi connectivity index (χ0n) is 31.8. The molecule has 0 fully saturated rings. The van der Waals surface area contributed by atoms with Gasteiger partial charge < -0.3 is 20.5 Å². The van der Waals surface area contributed by atoms with Crippen LogP contribution in [-0.2, 0) is 17.8 Å². The van der Waals surface area contributed by atoms with E-state index < -0.39 is 11.9 Å². The van der Waals surface area contributed by atoms with Gasteiger partial charge in [-0.25, -0.2) is 29.5 Å². The Kier molecular flexibility index (Phi) is 13.5. The number of benzene rings is 4. The average molecular weight is 751 g/mol. The maximum atomic E-state index is 12.8. The Morgan fingerprint density at radius 3 is 1.30 bits per heavy atom. The fourth-order valence-corrected chi connectivity index (χ4v) is 5.39. The van der Waals surface area contributed by atoms with Crippen LogP contribution < -0.4 is 10.6 Å². The van der Waals surface area contributed by atoms with E-state index in [1.165, 1.54) is 6.07 Å². The van der Waals surface area contributed by atoms with Crippen molar-refractivity contribution >= 4 is 23.8 Å². The summed E-state index contributed by atoms with van der Waals surface area (Å²) in [6.45, 7) is 10.1. The molecule has 0 atom stereocenters. The molecule has 0 saturated carbocycles. The van der Waals surface area contributed by atoms with Crippen molar-refractivity contribution in [3.05, 3.63) is 166 Å². The number of carbonyl (C=O) groups is 4. The van der Waals surface area contributed by atoms with Crippen molar-refractivity contribution in [2.45, 2.75) is 47.7 Å². The third kappa shape index (κ3) is 11.2. The van der Waals surface area contributed by atoms with E-state index in [0.717, 1.165) is 38.9 Å². The van der Waals surface area contributed by atoms with E-state index in [0.29, 0.717) is 40.4 Å². The van der Waals surface area contributed by atoms with Crippen LogP contribution in [0.15, 0.2) is 110 Å². The topological polar surface area (TPSA) is 173 Å². The highest BCUT2D eigenvalue weighted by Crippen LogP contribution is 2.25. The number of nitrogens with one attached hydrogen (secondary N) is 2. The summed E-state index contributed by atoms with van der Waals surface area (Å²) in [6, 6.07) is 25.3. The molecule has 0 unspecified atom stereocenters. The van der Waals surface area contributed by atoms with Crippen LogP contribution >= 0.6 is 0 Å². The largest absolute Gasteiger partial charge is 0.478 e. The number of carboxylic acid groups (broad SMARTS) is 1. The third-order valence-corrected chi connectivity index (χ3v) is 8.49. The first kappa shape index (κ1) is 40.1. The lowest BCUT2D eigenvalue weighted by Crippen LogP contribution is -2.23. The van der Waals surface area contributed by atoms with Crippen LogP contribution in [0.4, 0.5) is 0 Å². The molecule has 0 aliphatic heterocycles. The molecule has 3 N–H and O–H groups in total. The fourth-order valence-electron chi connectivity index (χ4n) is 5.39. The SMILES string of the molecule is CCOC(=O)c1cc(C(=O)NCc2cnc(C)nc2)cc(-c2ccc(C)cc2)c1.Cc1ccc(-c2cc(C(=O)O)cc(C(=O)NCc3cnc(C)nc3)c2)cc1. The van der Waals surface area contributed by atoms with E-state index >= 15 is 0 Å². The lowest BCUT2D eigenvalue weighted by molar-refractivity contribution is 0.0525. The smallest absolute Gasteiger partial charge is 0.338 e. The minimum absolute atomic E-state index is 0.0666. The molecule has 0 aliphatic rings. The summed E-state index contributed by atoms with van der Waals surface area (Å²) >= 11 is 0. The Morgan fingerprint density at radius 1 is 0.536 bits per heavy atom. The van der Waals surface area contributed by atoms with Crippen molar-refractivity contribution in [2.75, 3.05) is 6.61 Å². The monoisotopic (exact) mass is 750 g/mol. The molecule has 0 spiro atoms. The Morgan fingerprint density at radius 2 is 0.911 bits per heavy atom. The number of hydrogen-bond donors (Lipinski definition) is 3. The lowest BCUT2D eigenvalue weighted by atomic mass is 9.98. The van der Waals surface area contributed by atoms with Gasteiger partial charge in [-0.05, 0) is 93.3 Å².